The Bertz CT molecular complexity index is 2020. The maximum absolute atomic E-state index is 15.3. The standard InChI is InChI=1S/C34H29FN4O4/c1-20-4-6-21(7-5-20)25-18-38-27-12-14-37-33(31(27)32(25)40)39-22-8-11-30(26(35)16-22)43-29-13-15-36-28-17-23(9-10-24(28)29)42-19-34(2,3)41/h4-18,41H,19H2,1-3H3,(H,37,39)(H,38,40). The summed E-state index contributed by atoms with van der Waals surface area (Å²) in [6.07, 6.45) is 4.84. The van der Waals surface area contributed by atoms with Gasteiger partial charge in [0.05, 0.1) is 22.0 Å². The largest absolute Gasteiger partial charge is 0.491 e. The van der Waals surface area contributed by atoms with Crippen LogP contribution in [-0.2, 0) is 0 Å². The van der Waals surface area contributed by atoms with Crippen LogP contribution in [0.3, 0.4) is 0 Å². The summed E-state index contributed by atoms with van der Waals surface area (Å²) in [5, 5.41) is 14.1. The van der Waals surface area contributed by atoms with Crippen molar-refractivity contribution in [3.63, 3.8) is 0 Å². The maximum Gasteiger partial charge on any atom is 0.200 e. The number of ether oxygens (including phenoxy) is 2. The Labute approximate surface area is 246 Å². The number of pyridine rings is 3. The van der Waals surface area contributed by atoms with Crippen molar-refractivity contribution in [3.05, 3.63) is 113 Å². The predicted molar refractivity (Wildman–Crippen MR) is 166 cm³/mol. The lowest BCUT2D eigenvalue weighted by Gasteiger charge is -2.18. The average Bonchev–Trinajstić information content (AvgIpc) is 2.98. The normalized spacial score (nSPS) is 11.6. The third-order valence-corrected chi connectivity index (χ3v) is 6.84. The number of rotatable bonds is 8. The van der Waals surface area contributed by atoms with Crippen LogP contribution < -0.4 is 20.2 Å². The highest BCUT2D eigenvalue weighted by atomic mass is 19.1. The fraction of sp³-hybridized carbons (Fsp3) is 0.147. The fourth-order valence-electron chi connectivity index (χ4n) is 4.66. The average molecular weight is 577 g/mol. The Balaban J connectivity index is 1.26. The molecule has 0 saturated carbocycles. The van der Waals surface area contributed by atoms with Gasteiger partial charge in [0.15, 0.2) is 11.6 Å². The van der Waals surface area contributed by atoms with E-state index in [2.05, 4.69) is 20.3 Å². The topological polar surface area (TPSA) is 109 Å². The van der Waals surface area contributed by atoms with Crippen molar-refractivity contribution in [2.45, 2.75) is 26.4 Å². The Morgan fingerprint density at radius 3 is 2.51 bits per heavy atom. The van der Waals surface area contributed by atoms with Crippen LogP contribution in [0.2, 0.25) is 0 Å². The molecule has 3 aromatic heterocycles. The Morgan fingerprint density at radius 1 is 0.953 bits per heavy atom. The van der Waals surface area contributed by atoms with Crippen molar-refractivity contribution in [1.29, 1.82) is 0 Å². The van der Waals surface area contributed by atoms with E-state index in [0.29, 0.717) is 50.4 Å². The Hall–Kier alpha value is -5.28. The molecule has 216 valence electrons. The lowest BCUT2D eigenvalue weighted by molar-refractivity contribution is 0.0285. The summed E-state index contributed by atoms with van der Waals surface area (Å²) in [5.74, 6) is 0.696. The van der Waals surface area contributed by atoms with Crippen molar-refractivity contribution in [1.82, 2.24) is 15.0 Å². The summed E-state index contributed by atoms with van der Waals surface area (Å²) in [4.78, 5) is 25.5. The van der Waals surface area contributed by atoms with Gasteiger partial charge in [0, 0.05) is 47.4 Å². The zero-order valence-electron chi connectivity index (χ0n) is 23.8. The molecular weight excluding hydrogens is 547 g/mol. The molecule has 3 aromatic carbocycles. The number of benzene rings is 3. The van der Waals surface area contributed by atoms with E-state index in [1.54, 1.807) is 68.8 Å². The monoisotopic (exact) mass is 576 g/mol. The van der Waals surface area contributed by atoms with Crippen LogP contribution in [0.5, 0.6) is 17.2 Å². The predicted octanol–water partition coefficient (Wildman–Crippen LogP) is 7.27. The van der Waals surface area contributed by atoms with Gasteiger partial charge in [-0.2, -0.15) is 0 Å². The quantitative estimate of drug-likeness (QED) is 0.175. The number of H-pyrrole nitrogens is 1. The summed E-state index contributed by atoms with van der Waals surface area (Å²) in [6.45, 7) is 5.43. The first kappa shape index (κ1) is 27.9. The van der Waals surface area contributed by atoms with E-state index < -0.39 is 11.4 Å². The summed E-state index contributed by atoms with van der Waals surface area (Å²) < 4.78 is 26.9. The van der Waals surface area contributed by atoms with Crippen LogP contribution in [-0.4, -0.2) is 32.3 Å². The molecule has 0 fully saturated rings. The van der Waals surface area contributed by atoms with Gasteiger partial charge in [0.2, 0.25) is 5.43 Å². The Morgan fingerprint density at radius 2 is 1.74 bits per heavy atom. The fourth-order valence-corrected chi connectivity index (χ4v) is 4.66. The molecule has 0 radical (unpaired) electrons. The van der Waals surface area contributed by atoms with Gasteiger partial charge >= 0.3 is 0 Å². The molecule has 9 heteroatoms. The molecule has 0 aliphatic carbocycles. The molecule has 0 spiro atoms. The maximum atomic E-state index is 15.3. The molecule has 0 saturated heterocycles. The van der Waals surface area contributed by atoms with Gasteiger partial charge in [-0.25, -0.2) is 9.37 Å². The second-order valence-electron chi connectivity index (χ2n) is 10.9. The van der Waals surface area contributed by atoms with E-state index in [4.69, 9.17) is 9.47 Å². The number of anilines is 2. The van der Waals surface area contributed by atoms with Crippen LogP contribution in [0, 0.1) is 12.7 Å². The van der Waals surface area contributed by atoms with Crippen LogP contribution in [0.1, 0.15) is 19.4 Å². The molecule has 0 bridgehead atoms. The van der Waals surface area contributed by atoms with Crippen molar-refractivity contribution in [2.75, 3.05) is 11.9 Å². The molecule has 6 rings (SSSR count). The number of nitrogens with one attached hydrogen (secondary N) is 2. The van der Waals surface area contributed by atoms with Crippen LogP contribution in [0.4, 0.5) is 15.9 Å². The minimum Gasteiger partial charge on any atom is -0.491 e. The van der Waals surface area contributed by atoms with Gasteiger partial charge in [-0.1, -0.05) is 29.8 Å². The minimum atomic E-state index is -0.977. The van der Waals surface area contributed by atoms with Crippen molar-refractivity contribution >= 4 is 33.3 Å². The highest BCUT2D eigenvalue weighted by Crippen LogP contribution is 2.34. The molecule has 8 nitrogen and oxygen atoms in total. The smallest absolute Gasteiger partial charge is 0.200 e. The van der Waals surface area contributed by atoms with Crippen molar-refractivity contribution in [2.24, 2.45) is 0 Å². The first-order valence-electron chi connectivity index (χ1n) is 13.7. The van der Waals surface area contributed by atoms with Gasteiger partial charge < -0.3 is 24.9 Å². The number of fused-ring (bicyclic) bond motifs is 2. The molecule has 43 heavy (non-hydrogen) atoms. The van der Waals surface area contributed by atoms with Crippen LogP contribution in [0.25, 0.3) is 32.9 Å². The second kappa shape index (κ2) is 11.2. The van der Waals surface area contributed by atoms with Crippen LogP contribution in [0.15, 0.2) is 96.2 Å². The lowest BCUT2D eigenvalue weighted by atomic mass is 10.0. The molecule has 0 aliphatic rings. The molecule has 0 atom stereocenters. The van der Waals surface area contributed by atoms with E-state index >= 15 is 4.39 Å². The third kappa shape index (κ3) is 6.02. The highest BCUT2D eigenvalue weighted by molar-refractivity contribution is 5.93. The zero-order valence-corrected chi connectivity index (χ0v) is 23.8. The number of aromatic amines is 1. The first-order chi connectivity index (χ1) is 20.6. The summed E-state index contributed by atoms with van der Waals surface area (Å²) in [5.41, 5.74) is 2.84. The highest BCUT2D eigenvalue weighted by Gasteiger charge is 2.16. The van der Waals surface area contributed by atoms with Gasteiger partial charge in [0.1, 0.15) is 23.9 Å². The second-order valence-corrected chi connectivity index (χ2v) is 10.9. The van der Waals surface area contributed by atoms with Crippen molar-refractivity contribution in [3.8, 4) is 28.4 Å². The molecular formula is C34H29FN4O4. The van der Waals surface area contributed by atoms with Gasteiger partial charge in [0.25, 0.3) is 0 Å². The van der Waals surface area contributed by atoms with E-state index in [9.17, 15) is 9.90 Å². The number of nitrogens with zero attached hydrogens (tertiary/aromatic N) is 2. The molecule has 0 unspecified atom stereocenters. The first-order valence-corrected chi connectivity index (χ1v) is 13.7. The third-order valence-electron chi connectivity index (χ3n) is 6.84. The summed E-state index contributed by atoms with van der Waals surface area (Å²) in [7, 11) is 0. The van der Waals surface area contributed by atoms with Crippen molar-refractivity contribution < 1.29 is 19.0 Å². The van der Waals surface area contributed by atoms with E-state index in [-0.39, 0.29) is 17.8 Å². The summed E-state index contributed by atoms with van der Waals surface area (Å²) >= 11 is 0. The van der Waals surface area contributed by atoms with Gasteiger partial charge in [-0.05, 0) is 62.7 Å². The Kier molecular flexibility index (Phi) is 7.25. The zero-order chi connectivity index (χ0) is 30.1. The number of aromatic nitrogens is 3. The summed E-state index contributed by atoms with van der Waals surface area (Å²) in [6, 6.07) is 20.8. The molecule has 0 amide bonds. The molecule has 0 aliphatic heterocycles. The molecule has 6 aromatic rings. The van der Waals surface area contributed by atoms with Gasteiger partial charge in [-0.3, -0.25) is 9.78 Å². The van der Waals surface area contributed by atoms with Gasteiger partial charge in [-0.15, -0.1) is 0 Å². The minimum absolute atomic E-state index is 0.0193. The van der Waals surface area contributed by atoms with E-state index in [1.165, 1.54) is 12.1 Å². The molecule has 3 heterocycles. The number of hydrogen-bond acceptors (Lipinski definition) is 7. The lowest BCUT2D eigenvalue weighted by Crippen LogP contribution is -2.27. The molecule has 3 N–H and O–H groups in total. The SMILES string of the molecule is Cc1ccc(-c2c[nH]c3ccnc(Nc4ccc(Oc5ccnc6cc(OCC(C)(C)O)ccc56)c(F)c4)c3c2=O)cc1. The van der Waals surface area contributed by atoms with E-state index in [1.807, 2.05) is 31.2 Å². The van der Waals surface area contributed by atoms with E-state index in [0.717, 1.165) is 11.1 Å². The van der Waals surface area contributed by atoms with Crippen LogP contribution >= 0.6 is 0 Å². The number of halogens is 1. The number of hydrogen-bond donors (Lipinski definition) is 3. The number of aryl methyl sites for hydroxylation is 1. The number of aliphatic hydroxyl groups is 1.